The largest absolute Gasteiger partial charge is 1.00 e. The fraction of sp³-hybridized carbons (Fsp3) is 0.222. The third-order valence-electron chi connectivity index (χ3n) is 1.24. The normalized spacial score (nSPS) is 10.4. The zero-order chi connectivity index (χ0) is 8.81. The number of pyridine rings is 1. The van der Waals surface area contributed by atoms with Gasteiger partial charge in [-0.25, -0.2) is 0 Å². The second-order valence-corrected chi connectivity index (χ2v) is 2.15. The van der Waals surface area contributed by atoms with Gasteiger partial charge < -0.3 is 9.84 Å². The van der Waals surface area contributed by atoms with Crippen LogP contribution in [0.1, 0.15) is 12.6 Å². The smallest absolute Gasteiger partial charge is 0.613 e. The molecule has 0 aliphatic heterocycles. The minimum Gasteiger partial charge on any atom is -0.613 e. The van der Waals surface area contributed by atoms with Crippen LogP contribution in [0, 0.1) is 0 Å². The summed E-state index contributed by atoms with van der Waals surface area (Å²) in [5.41, 5.74) is 0.621. The molecule has 4 heteroatoms. The van der Waals surface area contributed by atoms with Crippen LogP contribution in [0.2, 0.25) is 0 Å². The molecule has 1 aromatic heterocycles. The predicted octanol–water partition coefficient (Wildman–Crippen LogP) is -2.22. The number of ether oxygens (including phenoxy) is 1. The molecular weight excluding hydrogens is 161 g/mol. The fourth-order valence-electron chi connectivity index (χ4n) is 0.766. The minimum atomic E-state index is -0.351. The molecule has 0 fully saturated rings. The van der Waals surface area contributed by atoms with E-state index in [2.05, 4.69) is 4.98 Å². The zero-order valence-electron chi connectivity index (χ0n) is 7.86. The van der Waals surface area contributed by atoms with Gasteiger partial charge in [0.1, 0.15) is 0 Å². The van der Waals surface area contributed by atoms with Crippen LogP contribution < -0.4 is 24.0 Å². The van der Waals surface area contributed by atoms with Gasteiger partial charge in [0.25, 0.3) is 0 Å². The molecular formula is C9H10LiNO2. The minimum absolute atomic E-state index is 0. The summed E-state index contributed by atoms with van der Waals surface area (Å²) in [4.78, 5) is 3.94. The van der Waals surface area contributed by atoms with Gasteiger partial charge in [0, 0.05) is 6.20 Å². The van der Waals surface area contributed by atoms with Crippen molar-refractivity contribution in [1.82, 2.24) is 4.98 Å². The molecule has 3 nitrogen and oxygen atoms in total. The molecule has 0 bridgehead atoms. The van der Waals surface area contributed by atoms with Crippen molar-refractivity contribution in [2.24, 2.45) is 0 Å². The molecule has 0 amide bonds. The van der Waals surface area contributed by atoms with E-state index in [9.17, 15) is 5.11 Å². The SMILES string of the molecule is CCO/C([O-])=C/c1ccccn1.[Li+]. The first-order chi connectivity index (χ1) is 5.83. The van der Waals surface area contributed by atoms with Crippen molar-refractivity contribution in [2.75, 3.05) is 6.61 Å². The molecule has 1 aromatic rings. The van der Waals surface area contributed by atoms with E-state index in [1.165, 1.54) is 6.08 Å². The summed E-state index contributed by atoms with van der Waals surface area (Å²) < 4.78 is 4.71. The van der Waals surface area contributed by atoms with Crippen molar-refractivity contribution >= 4 is 6.08 Å². The van der Waals surface area contributed by atoms with Gasteiger partial charge in [-0.15, -0.1) is 0 Å². The summed E-state index contributed by atoms with van der Waals surface area (Å²) in [5, 5.41) is 10.9. The molecule has 0 aromatic carbocycles. The van der Waals surface area contributed by atoms with Gasteiger partial charge in [0.05, 0.1) is 11.6 Å². The third-order valence-corrected chi connectivity index (χ3v) is 1.24. The van der Waals surface area contributed by atoms with E-state index in [0.717, 1.165) is 0 Å². The Kier molecular flexibility index (Phi) is 6.12. The average molecular weight is 171 g/mol. The Morgan fingerprint density at radius 3 is 2.92 bits per heavy atom. The van der Waals surface area contributed by atoms with Gasteiger partial charge in [-0.05, 0) is 24.8 Å². The van der Waals surface area contributed by atoms with Crippen molar-refractivity contribution in [3.8, 4) is 0 Å². The molecule has 0 aliphatic carbocycles. The molecule has 64 valence electrons. The third kappa shape index (κ3) is 4.61. The Morgan fingerprint density at radius 2 is 2.38 bits per heavy atom. The number of aromatic nitrogens is 1. The van der Waals surface area contributed by atoms with Gasteiger partial charge in [-0.1, -0.05) is 13.0 Å². The second kappa shape index (κ2) is 6.59. The van der Waals surface area contributed by atoms with Gasteiger partial charge in [-0.3, -0.25) is 4.98 Å². The Morgan fingerprint density at radius 1 is 1.62 bits per heavy atom. The van der Waals surface area contributed by atoms with E-state index in [-0.39, 0.29) is 24.8 Å². The van der Waals surface area contributed by atoms with Crippen LogP contribution in [0.15, 0.2) is 30.3 Å². The Balaban J connectivity index is 0.00000144. The van der Waals surface area contributed by atoms with Crippen molar-refractivity contribution in [1.29, 1.82) is 0 Å². The first kappa shape index (κ1) is 12.1. The maximum absolute atomic E-state index is 10.9. The van der Waals surface area contributed by atoms with Gasteiger partial charge in [-0.2, -0.15) is 0 Å². The number of nitrogens with zero attached hydrogens (tertiary/aromatic N) is 1. The summed E-state index contributed by atoms with van der Waals surface area (Å²) in [6.45, 7) is 2.16. The molecule has 0 spiro atoms. The molecule has 1 rings (SSSR count). The maximum Gasteiger partial charge on any atom is 1.00 e. The molecule has 0 atom stereocenters. The first-order valence-electron chi connectivity index (χ1n) is 3.75. The van der Waals surface area contributed by atoms with E-state index in [1.54, 1.807) is 25.3 Å². The predicted molar refractivity (Wildman–Crippen MR) is 43.8 cm³/mol. The second-order valence-electron chi connectivity index (χ2n) is 2.15. The number of hydrogen-bond donors (Lipinski definition) is 0. The number of hydrogen-bond acceptors (Lipinski definition) is 3. The molecule has 1 heterocycles. The maximum atomic E-state index is 10.9. The summed E-state index contributed by atoms with van der Waals surface area (Å²) >= 11 is 0. The molecule has 0 aliphatic rings. The molecule has 0 radical (unpaired) electrons. The summed E-state index contributed by atoms with van der Waals surface area (Å²) in [7, 11) is 0. The summed E-state index contributed by atoms with van der Waals surface area (Å²) in [6.07, 6.45) is 2.99. The molecule has 0 saturated carbocycles. The summed E-state index contributed by atoms with van der Waals surface area (Å²) in [6, 6.07) is 5.36. The van der Waals surface area contributed by atoms with Crippen molar-refractivity contribution in [3.63, 3.8) is 0 Å². The van der Waals surface area contributed by atoms with Crippen LogP contribution in [0.4, 0.5) is 0 Å². The van der Waals surface area contributed by atoms with Crippen LogP contribution in [0.25, 0.3) is 6.08 Å². The molecule has 0 N–H and O–H groups in total. The fourth-order valence-corrected chi connectivity index (χ4v) is 0.766. The van der Waals surface area contributed by atoms with Gasteiger partial charge in [0.15, 0.2) is 0 Å². The molecule has 13 heavy (non-hydrogen) atoms. The summed E-state index contributed by atoms with van der Waals surface area (Å²) in [5.74, 6) is -0.351. The monoisotopic (exact) mass is 171 g/mol. The zero-order valence-corrected chi connectivity index (χ0v) is 7.86. The van der Waals surface area contributed by atoms with Crippen LogP contribution in [0.3, 0.4) is 0 Å². The van der Waals surface area contributed by atoms with Crippen molar-refractivity contribution < 1.29 is 28.7 Å². The van der Waals surface area contributed by atoms with E-state index in [0.29, 0.717) is 12.3 Å². The van der Waals surface area contributed by atoms with Gasteiger partial charge >= 0.3 is 18.9 Å². The Hall–Kier alpha value is -0.913. The van der Waals surface area contributed by atoms with Gasteiger partial charge in [0.2, 0.25) is 0 Å². The average Bonchev–Trinajstić information content (AvgIpc) is 2.06. The van der Waals surface area contributed by atoms with E-state index >= 15 is 0 Å². The molecule has 0 saturated heterocycles. The van der Waals surface area contributed by atoms with Crippen LogP contribution in [-0.4, -0.2) is 11.6 Å². The van der Waals surface area contributed by atoms with Crippen LogP contribution in [-0.2, 0) is 4.74 Å². The number of rotatable bonds is 3. The van der Waals surface area contributed by atoms with E-state index in [4.69, 9.17) is 4.74 Å². The first-order valence-corrected chi connectivity index (χ1v) is 3.75. The molecule has 0 unspecified atom stereocenters. The van der Waals surface area contributed by atoms with Crippen LogP contribution >= 0.6 is 0 Å². The van der Waals surface area contributed by atoms with Crippen molar-refractivity contribution in [2.45, 2.75) is 6.92 Å². The Labute approximate surface area is 89.6 Å². The van der Waals surface area contributed by atoms with E-state index < -0.39 is 0 Å². The quantitative estimate of drug-likeness (QED) is 0.382. The van der Waals surface area contributed by atoms with Crippen LogP contribution in [0.5, 0.6) is 0 Å². The topological polar surface area (TPSA) is 45.2 Å². The standard InChI is InChI=1S/C9H11NO2.Li/c1-2-12-9(11)7-8-5-3-4-6-10-8;/h3-7,11H,2H2,1H3;/q;+1/p-1/b9-7+;. The van der Waals surface area contributed by atoms with Crippen molar-refractivity contribution in [3.05, 3.63) is 36.0 Å². The van der Waals surface area contributed by atoms with E-state index in [1.807, 2.05) is 6.07 Å². The Bertz CT molecular complexity index is 262.